The van der Waals surface area contributed by atoms with E-state index in [0.717, 1.165) is 18.2 Å². The second kappa shape index (κ2) is 12.4. The van der Waals surface area contributed by atoms with Crippen molar-refractivity contribution in [3.63, 3.8) is 0 Å². The molecule has 218 valence electrons. The van der Waals surface area contributed by atoms with Gasteiger partial charge in [0.2, 0.25) is 5.88 Å². The molecule has 12 heteroatoms. The van der Waals surface area contributed by atoms with Crippen molar-refractivity contribution in [3.05, 3.63) is 82.0 Å². The summed E-state index contributed by atoms with van der Waals surface area (Å²) in [4.78, 5) is 30.5. The van der Waals surface area contributed by atoms with E-state index in [-0.39, 0.29) is 47.0 Å². The Labute approximate surface area is 241 Å². The summed E-state index contributed by atoms with van der Waals surface area (Å²) in [6.45, 7) is 1.84. The number of halogens is 7. The molecule has 4 nitrogen and oxygen atoms in total. The number of nitrogens with zero attached hydrogens (tertiary/aromatic N) is 1. The zero-order chi connectivity index (χ0) is 29.9. The van der Waals surface area contributed by atoms with E-state index in [1.54, 1.807) is 12.1 Å². The Morgan fingerprint density at radius 2 is 1.56 bits per heavy atom. The maximum atomic E-state index is 13.1. The van der Waals surface area contributed by atoms with Gasteiger partial charge in [0.1, 0.15) is 28.3 Å². The Balaban J connectivity index is 1.38. The summed E-state index contributed by atoms with van der Waals surface area (Å²) in [6, 6.07) is 10.3. The van der Waals surface area contributed by atoms with Crippen molar-refractivity contribution in [2.75, 3.05) is 5.75 Å². The molecule has 0 atom stereocenters. The van der Waals surface area contributed by atoms with Gasteiger partial charge in [0, 0.05) is 23.9 Å². The molecule has 4 rings (SSSR count). The van der Waals surface area contributed by atoms with Crippen molar-refractivity contribution in [2.24, 2.45) is 5.92 Å². The van der Waals surface area contributed by atoms with Gasteiger partial charge in [-0.25, -0.2) is 4.98 Å². The molecular weight excluding hydrogens is 592 g/mol. The average Bonchev–Trinajstić information content (AvgIpc) is 2.89. The highest BCUT2D eigenvalue weighted by Crippen LogP contribution is 2.38. The van der Waals surface area contributed by atoms with Crippen LogP contribution in [0.1, 0.15) is 54.4 Å². The zero-order valence-corrected chi connectivity index (χ0v) is 23.2. The molecule has 0 radical (unpaired) electrons. The molecular formula is C29H24ClF6NO3S. The first-order chi connectivity index (χ1) is 19.3. The molecule has 1 saturated carbocycles. The van der Waals surface area contributed by atoms with E-state index >= 15 is 0 Å². The van der Waals surface area contributed by atoms with Gasteiger partial charge >= 0.3 is 12.4 Å². The van der Waals surface area contributed by atoms with Crippen molar-refractivity contribution in [2.45, 2.75) is 55.8 Å². The highest BCUT2D eigenvalue weighted by atomic mass is 35.5. The predicted octanol–water partition coefficient (Wildman–Crippen LogP) is 8.94. The monoisotopic (exact) mass is 615 g/mol. The van der Waals surface area contributed by atoms with E-state index in [1.807, 2.05) is 6.92 Å². The van der Waals surface area contributed by atoms with Crippen molar-refractivity contribution in [3.8, 4) is 11.6 Å². The fraction of sp³-hybridized carbons (Fsp3) is 0.345. The Kier molecular flexibility index (Phi) is 9.38. The van der Waals surface area contributed by atoms with Crippen LogP contribution in [-0.2, 0) is 28.4 Å². The van der Waals surface area contributed by atoms with Crippen LogP contribution in [0.3, 0.4) is 0 Å². The number of aromatic nitrogens is 1. The second-order valence-corrected chi connectivity index (χ2v) is 11.2. The SMILES string of the molecule is CCc1cc(Oc2ncc(C(F)(F)F)cc2Cl)ccc1C1C(=O)CC(CCSc2ccc(C(F)(F)F)cc2)CC1=O. The van der Waals surface area contributed by atoms with Crippen LogP contribution in [0.25, 0.3) is 0 Å². The Morgan fingerprint density at radius 1 is 0.927 bits per heavy atom. The number of carbonyl (C=O) groups is 2. The molecule has 0 N–H and O–H groups in total. The molecule has 0 unspecified atom stereocenters. The van der Waals surface area contributed by atoms with E-state index in [4.69, 9.17) is 16.3 Å². The molecule has 3 aromatic rings. The minimum absolute atomic E-state index is 0.159. The molecule has 0 aliphatic heterocycles. The lowest BCUT2D eigenvalue weighted by molar-refractivity contribution is -0.138. The first-order valence-corrected chi connectivity index (χ1v) is 14.0. The first kappa shape index (κ1) is 30.9. The number of alkyl halides is 6. The molecule has 0 bridgehead atoms. The fourth-order valence-electron chi connectivity index (χ4n) is 4.69. The number of pyridine rings is 1. The molecule has 1 fully saturated rings. The maximum absolute atomic E-state index is 13.1. The molecule has 1 aliphatic carbocycles. The Bertz CT molecular complexity index is 1410. The number of Topliss-reactive ketones (excluding diaryl/α,β-unsaturated/α-hetero) is 2. The second-order valence-electron chi connectivity index (χ2n) is 9.62. The minimum Gasteiger partial charge on any atom is -0.438 e. The first-order valence-electron chi connectivity index (χ1n) is 12.6. The van der Waals surface area contributed by atoms with E-state index in [2.05, 4.69) is 4.98 Å². The maximum Gasteiger partial charge on any atom is 0.417 e. The molecule has 1 aromatic heterocycles. The van der Waals surface area contributed by atoms with Crippen LogP contribution in [0.4, 0.5) is 26.3 Å². The third kappa shape index (κ3) is 7.62. The fourth-order valence-corrected chi connectivity index (χ4v) is 5.91. The van der Waals surface area contributed by atoms with Crippen molar-refractivity contribution in [1.82, 2.24) is 4.98 Å². The average molecular weight is 616 g/mol. The number of ketones is 2. The summed E-state index contributed by atoms with van der Waals surface area (Å²) in [5.41, 5.74) is -0.500. The minimum atomic E-state index is -4.60. The van der Waals surface area contributed by atoms with Crippen molar-refractivity contribution in [1.29, 1.82) is 0 Å². The van der Waals surface area contributed by atoms with Gasteiger partial charge < -0.3 is 4.74 Å². The standard InChI is InChI=1S/C29H24ClF6NO3S/c1-2-17-13-20(40-27-23(30)14-19(15-37-27)29(34,35)36)5-8-22(17)26-24(38)11-16(12-25(26)39)9-10-41-21-6-3-18(4-7-21)28(31,32)33/h3-8,13-16,26H,2,9-12H2,1H3. The van der Waals surface area contributed by atoms with Gasteiger partial charge in [0.25, 0.3) is 0 Å². The van der Waals surface area contributed by atoms with Gasteiger partial charge in [0.15, 0.2) is 0 Å². The lowest BCUT2D eigenvalue weighted by Crippen LogP contribution is -2.32. The van der Waals surface area contributed by atoms with Crippen LogP contribution in [0.15, 0.2) is 59.6 Å². The lowest BCUT2D eigenvalue weighted by atomic mass is 9.74. The predicted molar refractivity (Wildman–Crippen MR) is 142 cm³/mol. The molecule has 1 aliphatic rings. The molecule has 1 heterocycles. The smallest absolute Gasteiger partial charge is 0.417 e. The number of carbonyl (C=O) groups excluding carboxylic acids is 2. The van der Waals surface area contributed by atoms with E-state index in [0.29, 0.717) is 40.8 Å². The van der Waals surface area contributed by atoms with Crippen LogP contribution in [-0.4, -0.2) is 22.3 Å². The van der Waals surface area contributed by atoms with Crippen LogP contribution in [0, 0.1) is 5.92 Å². The number of hydrogen-bond acceptors (Lipinski definition) is 5. The van der Waals surface area contributed by atoms with Crippen LogP contribution >= 0.6 is 23.4 Å². The number of benzene rings is 2. The molecule has 0 amide bonds. The molecule has 2 aromatic carbocycles. The van der Waals surface area contributed by atoms with Gasteiger partial charge in [-0.3, -0.25) is 9.59 Å². The third-order valence-corrected chi connectivity index (χ3v) is 8.07. The number of aryl methyl sites for hydroxylation is 1. The highest BCUT2D eigenvalue weighted by Gasteiger charge is 2.37. The van der Waals surface area contributed by atoms with E-state index < -0.39 is 29.4 Å². The molecule has 41 heavy (non-hydrogen) atoms. The van der Waals surface area contributed by atoms with Gasteiger partial charge in [-0.1, -0.05) is 24.6 Å². The summed E-state index contributed by atoms with van der Waals surface area (Å²) >= 11 is 7.31. The molecule has 0 saturated heterocycles. The molecule has 0 spiro atoms. The Morgan fingerprint density at radius 3 is 2.12 bits per heavy atom. The lowest BCUT2D eigenvalue weighted by Gasteiger charge is -2.28. The summed E-state index contributed by atoms with van der Waals surface area (Å²) in [5.74, 6) is -0.916. The number of hydrogen-bond donors (Lipinski definition) is 0. The number of ether oxygens (including phenoxy) is 1. The van der Waals surface area contributed by atoms with E-state index in [1.165, 1.54) is 30.0 Å². The highest BCUT2D eigenvalue weighted by molar-refractivity contribution is 7.99. The van der Waals surface area contributed by atoms with Crippen LogP contribution in [0.2, 0.25) is 5.02 Å². The van der Waals surface area contributed by atoms with Crippen molar-refractivity contribution >= 4 is 34.9 Å². The number of thioether (sulfide) groups is 1. The van der Waals surface area contributed by atoms with Gasteiger partial charge in [-0.2, -0.15) is 26.3 Å². The van der Waals surface area contributed by atoms with Gasteiger partial charge in [-0.15, -0.1) is 11.8 Å². The topological polar surface area (TPSA) is 56.3 Å². The quantitative estimate of drug-likeness (QED) is 0.144. The van der Waals surface area contributed by atoms with Crippen LogP contribution < -0.4 is 4.74 Å². The van der Waals surface area contributed by atoms with Gasteiger partial charge in [-0.05, 0) is 78.1 Å². The largest absolute Gasteiger partial charge is 0.438 e. The summed E-state index contributed by atoms with van der Waals surface area (Å²) in [7, 11) is 0. The third-order valence-electron chi connectivity index (χ3n) is 6.76. The number of rotatable bonds is 8. The van der Waals surface area contributed by atoms with Crippen molar-refractivity contribution < 1.29 is 40.7 Å². The Hall–Kier alpha value is -3.05. The van der Waals surface area contributed by atoms with Gasteiger partial charge in [0.05, 0.1) is 11.1 Å². The van der Waals surface area contributed by atoms with Crippen LogP contribution in [0.5, 0.6) is 11.6 Å². The summed E-state index contributed by atoms with van der Waals surface area (Å²) < 4.78 is 82.5. The zero-order valence-electron chi connectivity index (χ0n) is 21.6. The van der Waals surface area contributed by atoms with E-state index in [9.17, 15) is 35.9 Å². The summed E-state index contributed by atoms with van der Waals surface area (Å²) in [5, 5.41) is -0.317. The summed E-state index contributed by atoms with van der Waals surface area (Å²) in [6.07, 6.45) is -6.95. The normalized spacial score (nSPS) is 18.0.